The Morgan fingerprint density at radius 2 is 1.82 bits per heavy atom. The van der Waals surface area contributed by atoms with Gasteiger partial charge in [-0.3, -0.25) is 5.32 Å². The zero-order valence-corrected chi connectivity index (χ0v) is 29.6. The number of carboxylic acid groups (broad SMARTS) is 1. The van der Waals surface area contributed by atoms with E-state index in [4.69, 9.17) is 19.2 Å². The molecule has 0 saturated carbocycles. The van der Waals surface area contributed by atoms with E-state index in [1.165, 1.54) is 17.0 Å². The Balaban J connectivity index is 1.45. The Hall–Kier alpha value is -4.85. The number of carbonyl (C=O) groups excluding carboxylic acids is 1. The Morgan fingerprint density at radius 1 is 1.12 bits per heavy atom. The van der Waals surface area contributed by atoms with Gasteiger partial charge in [0.1, 0.15) is 40.4 Å². The van der Waals surface area contributed by atoms with Gasteiger partial charge in [-0.2, -0.15) is 15.2 Å². The van der Waals surface area contributed by atoms with Crippen molar-refractivity contribution in [3.05, 3.63) is 40.5 Å². The first kappa shape index (κ1) is 34.6. The lowest BCUT2D eigenvalue weighted by Gasteiger charge is -2.41. The second kappa shape index (κ2) is 13.0. The Labute approximate surface area is 296 Å². The number of likely N-dealkylation sites (tertiary alicyclic amines) is 1. The third-order valence-corrected chi connectivity index (χ3v) is 10.4. The van der Waals surface area contributed by atoms with E-state index in [1.807, 2.05) is 19.0 Å². The smallest absolute Gasteiger partial charge is 0.412 e. The minimum atomic E-state index is -0.998. The maximum atomic E-state index is 17.5. The summed E-state index contributed by atoms with van der Waals surface area (Å²) in [4.78, 5) is 39.4. The summed E-state index contributed by atoms with van der Waals surface area (Å²) in [7, 11) is 3.77. The highest BCUT2D eigenvalue weighted by Gasteiger charge is 2.44. The van der Waals surface area contributed by atoms with Gasteiger partial charge in [-0.05, 0) is 71.0 Å². The molecular formula is C35H37F2N7O6S. The number of fused-ring (bicyclic) bond motifs is 6. The number of nitrogens with one attached hydrogen (secondary N) is 1. The number of thiophene rings is 1. The SMILES string of the molecule is CN(C)CCOc1nc(N2C3CCC2CN(C(=O)O)C3)c2c3c(c(-c4c(F)ccc5sc(NC(=O)OC(C)(C)C)c(C#N)c45)c(F)c2n1)COC3. The number of nitriles is 1. The fourth-order valence-corrected chi connectivity index (χ4v) is 8.28. The molecule has 2 bridgehead atoms. The predicted octanol–water partition coefficient (Wildman–Crippen LogP) is 6.31. The van der Waals surface area contributed by atoms with Crippen LogP contribution in [0.25, 0.3) is 32.1 Å². The first-order valence-electron chi connectivity index (χ1n) is 16.6. The van der Waals surface area contributed by atoms with Crippen LogP contribution in [0.5, 0.6) is 6.01 Å². The number of anilines is 2. The van der Waals surface area contributed by atoms with Gasteiger partial charge in [0.15, 0.2) is 5.82 Å². The molecular weight excluding hydrogens is 684 g/mol. The second-order valence-corrected chi connectivity index (χ2v) is 15.2. The number of carbonyl (C=O) groups is 2. The molecule has 0 spiro atoms. The van der Waals surface area contributed by atoms with Gasteiger partial charge in [-0.25, -0.2) is 18.4 Å². The van der Waals surface area contributed by atoms with Crippen molar-refractivity contribution in [2.75, 3.05) is 50.6 Å². The highest BCUT2D eigenvalue weighted by molar-refractivity contribution is 7.23. The molecule has 3 aliphatic heterocycles. The van der Waals surface area contributed by atoms with Gasteiger partial charge in [-0.1, -0.05) is 0 Å². The first-order valence-corrected chi connectivity index (χ1v) is 17.4. The van der Waals surface area contributed by atoms with Crippen LogP contribution in [0.1, 0.15) is 50.3 Å². The van der Waals surface area contributed by atoms with Crippen LogP contribution >= 0.6 is 11.3 Å². The van der Waals surface area contributed by atoms with E-state index in [9.17, 15) is 20.0 Å². The lowest BCUT2D eigenvalue weighted by atomic mass is 9.90. The quantitative estimate of drug-likeness (QED) is 0.221. The highest BCUT2D eigenvalue weighted by atomic mass is 32.1. The summed E-state index contributed by atoms with van der Waals surface area (Å²) in [6.45, 7) is 6.40. The molecule has 13 nitrogen and oxygen atoms in total. The van der Waals surface area contributed by atoms with Crippen LogP contribution in [0.3, 0.4) is 0 Å². The van der Waals surface area contributed by atoms with Gasteiger partial charge in [0.2, 0.25) is 0 Å². The molecule has 3 aliphatic rings. The number of benzene rings is 2. The normalized spacial score (nSPS) is 18.4. The third-order valence-electron chi connectivity index (χ3n) is 9.31. The number of aromatic nitrogens is 2. The number of nitrogens with zero attached hydrogens (tertiary/aromatic N) is 6. The number of hydrogen-bond donors (Lipinski definition) is 2. The molecule has 51 heavy (non-hydrogen) atoms. The van der Waals surface area contributed by atoms with Crippen LogP contribution in [0, 0.1) is 23.0 Å². The van der Waals surface area contributed by atoms with Crippen molar-refractivity contribution in [1.82, 2.24) is 19.8 Å². The number of piperazine rings is 1. The first-order chi connectivity index (χ1) is 24.3. The van der Waals surface area contributed by atoms with Gasteiger partial charge >= 0.3 is 18.2 Å². The van der Waals surface area contributed by atoms with Gasteiger partial charge in [0.25, 0.3) is 0 Å². The van der Waals surface area contributed by atoms with E-state index in [2.05, 4.69) is 21.3 Å². The van der Waals surface area contributed by atoms with Gasteiger partial charge in [0, 0.05) is 52.9 Å². The van der Waals surface area contributed by atoms with Crippen molar-refractivity contribution in [2.24, 2.45) is 0 Å². The zero-order valence-electron chi connectivity index (χ0n) is 28.8. The Kier molecular flexibility index (Phi) is 8.85. The topological polar surface area (TPSA) is 153 Å². The fraction of sp³-hybridized carbons (Fsp3) is 0.457. The summed E-state index contributed by atoms with van der Waals surface area (Å²) in [5.41, 5.74) is -0.219. The maximum absolute atomic E-state index is 17.5. The molecule has 2 aromatic carbocycles. The van der Waals surface area contributed by atoms with Crippen LogP contribution < -0.4 is 15.0 Å². The molecule has 2 fully saturated rings. The van der Waals surface area contributed by atoms with Crippen molar-refractivity contribution in [3.63, 3.8) is 0 Å². The summed E-state index contributed by atoms with van der Waals surface area (Å²) < 4.78 is 51.4. The molecule has 2 amide bonds. The van der Waals surface area contributed by atoms with Gasteiger partial charge in [-0.15, -0.1) is 11.3 Å². The summed E-state index contributed by atoms with van der Waals surface area (Å²) in [5, 5.41) is 23.4. The van der Waals surface area contributed by atoms with Crippen molar-refractivity contribution in [3.8, 4) is 23.2 Å². The number of amides is 2. The van der Waals surface area contributed by atoms with E-state index >= 15 is 8.78 Å². The largest absolute Gasteiger partial charge is 0.465 e. The molecule has 2 aromatic heterocycles. The van der Waals surface area contributed by atoms with E-state index in [1.54, 1.807) is 20.8 Å². The van der Waals surface area contributed by atoms with E-state index in [0.29, 0.717) is 33.6 Å². The number of rotatable bonds is 7. The average molecular weight is 722 g/mol. The average Bonchev–Trinajstić information content (AvgIpc) is 3.74. The molecule has 0 aliphatic carbocycles. The monoisotopic (exact) mass is 721 g/mol. The van der Waals surface area contributed by atoms with Crippen LogP contribution in [0.15, 0.2) is 12.1 Å². The van der Waals surface area contributed by atoms with E-state index in [0.717, 1.165) is 24.2 Å². The van der Waals surface area contributed by atoms with Crippen LogP contribution in [0.4, 0.5) is 29.2 Å². The minimum absolute atomic E-state index is 0.0357. The molecule has 0 radical (unpaired) electrons. The van der Waals surface area contributed by atoms with Crippen molar-refractivity contribution in [1.29, 1.82) is 5.26 Å². The summed E-state index contributed by atoms with van der Waals surface area (Å²) in [5.74, 6) is -1.19. The van der Waals surface area contributed by atoms with E-state index < -0.39 is 29.4 Å². The van der Waals surface area contributed by atoms with Crippen molar-refractivity contribution < 1.29 is 37.7 Å². The Morgan fingerprint density at radius 3 is 2.47 bits per heavy atom. The number of ether oxygens (including phenoxy) is 3. The summed E-state index contributed by atoms with van der Waals surface area (Å²) >= 11 is 1.05. The molecule has 5 heterocycles. The van der Waals surface area contributed by atoms with Gasteiger partial charge in [0.05, 0.1) is 24.2 Å². The van der Waals surface area contributed by atoms with Crippen molar-refractivity contribution >= 4 is 55.3 Å². The van der Waals surface area contributed by atoms with E-state index in [-0.39, 0.29) is 83.6 Å². The molecule has 2 atom stereocenters. The predicted molar refractivity (Wildman–Crippen MR) is 186 cm³/mol. The number of halogens is 2. The molecule has 2 unspecified atom stereocenters. The summed E-state index contributed by atoms with van der Waals surface area (Å²) in [6.07, 6.45) is -0.346. The molecule has 16 heteroatoms. The Bertz CT molecular complexity index is 2110. The van der Waals surface area contributed by atoms with Crippen LogP contribution in [0.2, 0.25) is 0 Å². The maximum Gasteiger partial charge on any atom is 0.412 e. The standard InChI is InChI=1S/C35H37F2N7O6S/c1-35(2,3)50-33(45)41-31-19(12-38)24-23(51-31)9-8-22(36)27(24)25-20-15-48-16-21(20)26-29(28(25)37)39-32(49-11-10-42(4)5)40-30(26)44-17-6-7-18(44)14-43(13-17)34(46)47/h8-9,17-18H,6-7,10-11,13-16H2,1-5H3,(H,41,45)(H,46,47). The molecule has 268 valence electrons. The highest BCUT2D eigenvalue weighted by Crippen LogP contribution is 2.49. The molecule has 4 aromatic rings. The zero-order chi connectivity index (χ0) is 36.4. The van der Waals surface area contributed by atoms with Crippen LogP contribution in [-0.4, -0.2) is 95.1 Å². The summed E-state index contributed by atoms with van der Waals surface area (Å²) in [6, 6.07) is 4.29. The fourth-order valence-electron chi connectivity index (χ4n) is 7.23. The number of hydrogen-bond acceptors (Lipinski definition) is 11. The van der Waals surface area contributed by atoms with Crippen molar-refractivity contribution in [2.45, 2.75) is 64.5 Å². The van der Waals surface area contributed by atoms with Crippen LogP contribution in [-0.2, 0) is 22.7 Å². The third kappa shape index (κ3) is 6.23. The number of likely N-dealkylation sites (N-methyl/N-ethyl adjacent to an activating group) is 1. The molecule has 2 N–H and O–H groups in total. The lowest BCUT2D eigenvalue weighted by molar-refractivity contribution is 0.0636. The lowest BCUT2D eigenvalue weighted by Crippen LogP contribution is -2.55. The minimum Gasteiger partial charge on any atom is -0.465 e. The van der Waals surface area contributed by atoms with Gasteiger partial charge < -0.3 is 34.0 Å². The second-order valence-electron chi connectivity index (χ2n) is 14.2. The molecule has 7 rings (SSSR count). The molecule has 2 saturated heterocycles.